The standard InChI is InChI=1S/C51H72NP/c1-2-6-46(53(49-27-39-15-40(28-49)17-41(16-39)29-49)50-30-42-18-43(31-50)20-44(19-42)32-50)45(5-1)52-8-4-3-7-51(52,47-21-33-9-34(22-47)11-35(10-33)23-47)48-24-36-12-37(25-48)14-38(13-36)26-48/h1-2,5-6,33-44H,3-4,7-32H2. The molecule has 0 atom stereocenters. The molecule has 286 valence electrons. The summed E-state index contributed by atoms with van der Waals surface area (Å²) in [7, 11) is -0.199. The Morgan fingerprint density at radius 3 is 1.13 bits per heavy atom. The molecule has 0 radical (unpaired) electrons. The van der Waals surface area contributed by atoms with E-state index in [0.29, 0.717) is 26.7 Å². The Morgan fingerprint density at radius 1 is 0.415 bits per heavy atom. The highest BCUT2D eigenvalue weighted by Crippen LogP contribution is 2.80. The highest BCUT2D eigenvalue weighted by atomic mass is 31.1. The zero-order chi connectivity index (χ0) is 34.4. The van der Waals surface area contributed by atoms with E-state index in [2.05, 4.69) is 29.2 Å². The van der Waals surface area contributed by atoms with Crippen LogP contribution in [0.5, 0.6) is 0 Å². The van der Waals surface area contributed by atoms with Gasteiger partial charge in [-0.15, -0.1) is 0 Å². The molecule has 1 aromatic carbocycles. The predicted molar refractivity (Wildman–Crippen MR) is 220 cm³/mol. The van der Waals surface area contributed by atoms with Gasteiger partial charge in [-0.25, -0.2) is 0 Å². The van der Waals surface area contributed by atoms with Gasteiger partial charge < -0.3 is 4.90 Å². The SMILES string of the molecule is c1ccc(P(C23CC4CC(CC(C4)C2)C3)C23CC4CC(CC(C4)C2)C3)c(N2CCCCC2(C23CC4CC(CC(C4)C2)C3)C23CC4CC(CC(C4)C2)C3)c1. The summed E-state index contributed by atoms with van der Waals surface area (Å²) >= 11 is 0. The second kappa shape index (κ2) is 10.9. The van der Waals surface area contributed by atoms with Gasteiger partial charge in [0.2, 0.25) is 0 Å². The number of benzene rings is 1. The maximum absolute atomic E-state index is 3.50. The van der Waals surface area contributed by atoms with E-state index in [4.69, 9.17) is 0 Å². The summed E-state index contributed by atoms with van der Waals surface area (Å²) in [6.07, 6.45) is 43.4. The monoisotopic (exact) mass is 730 g/mol. The first-order valence-electron chi connectivity index (χ1n) is 24.6. The van der Waals surface area contributed by atoms with Crippen molar-refractivity contribution in [3.05, 3.63) is 24.3 Å². The van der Waals surface area contributed by atoms with Gasteiger partial charge in [-0.05, 0) is 272 Å². The van der Waals surface area contributed by atoms with Gasteiger partial charge in [0, 0.05) is 17.5 Å². The Morgan fingerprint density at radius 2 is 0.755 bits per heavy atom. The van der Waals surface area contributed by atoms with Crippen LogP contribution in [0.1, 0.15) is 173 Å². The van der Waals surface area contributed by atoms with E-state index in [-0.39, 0.29) is 7.92 Å². The van der Waals surface area contributed by atoms with Crippen molar-refractivity contribution < 1.29 is 0 Å². The van der Waals surface area contributed by atoms with Crippen LogP contribution in [0.15, 0.2) is 24.3 Å². The Labute approximate surface area is 324 Å². The first-order valence-corrected chi connectivity index (χ1v) is 25.9. The first kappa shape index (κ1) is 32.4. The second-order valence-corrected chi connectivity index (χ2v) is 28.0. The summed E-state index contributed by atoms with van der Waals surface area (Å²) in [4.78, 5) is 3.50. The van der Waals surface area contributed by atoms with E-state index in [1.54, 1.807) is 161 Å². The predicted octanol–water partition coefficient (Wildman–Crippen LogP) is 12.9. The van der Waals surface area contributed by atoms with Gasteiger partial charge in [0.15, 0.2) is 0 Å². The fourth-order valence-corrected chi connectivity index (χ4v) is 28.1. The highest BCUT2D eigenvalue weighted by Gasteiger charge is 2.73. The minimum Gasteiger partial charge on any atom is -0.364 e. The number of para-hydroxylation sites is 1. The van der Waals surface area contributed by atoms with Crippen LogP contribution in [0.25, 0.3) is 0 Å². The minimum absolute atomic E-state index is 0.199. The molecule has 2 heteroatoms. The molecule has 0 N–H and O–H groups in total. The van der Waals surface area contributed by atoms with Gasteiger partial charge in [0.1, 0.15) is 0 Å². The lowest BCUT2D eigenvalue weighted by Gasteiger charge is -2.76. The molecule has 0 amide bonds. The number of hydrogen-bond donors (Lipinski definition) is 0. The van der Waals surface area contributed by atoms with Gasteiger partial charge in [0.25, 0.3) is 0 Å². The Balaban J connectivity index is 0.984. The maximum atomic E-state index is 3.50. The Kier molecular flexibility index (Phi) is 6.68. The summed E-state index contributed by atoms with van der Waals surface area (Å²) in [6, 6.07) is 10.9. The number of hydrogen-bond acceptors (Lipinski definition) is 1. The third-order valence-electron chi connectivity index (χ3n) is 21.8. The molecule has 1 aliphatic heterocycles. The van der Waals surface area contributed by atoms with Crippen LogP contribution in [-0.2, 0) is 0 Å². The third kappa shape index (κ3) is 4.33. The van der Waals surface area contributed by atoms with Crippen molar-refractivity contribution in [3.63, 3.8) is 0 Å². The van der Waals surface area contributed by atoms with Gasteiger partial charge in [-0.1, -0.05) is 26.1 Å². The average Bonchev–Trinajstić information content (AvgIpc) is 3.09. The number of nitrogens with zero attached hydrogens (tertiary/aromatic N) is 1. The molecule has 16 aliphatic carbocycles. The first-order chi connectivity index (χ1) is 25.9. The Hall–Kier alpha value is -0.550. The van der Waals surface area contributed by atoms with Crippen molar-refractivity contribution in [2.75, 3.05) is 11.4 Å². The minimum atomic E-state index is -0.199. The van der Waals surface area contributed by atoms with Crippen molar-refractivity contribution in [3.8, 4) is 0 Å². The van der Waals surface area contributed by atoms with Crippen LogP contribution in [-0.4, -0.2) is 22.4 Å². The maximum Gasteiger partial charge on any atom is 0.0515 e. The fraction of sp³-hybridized carbons (Fsp3) is 0.882. The molecule has 0 spiro atoms. The molecule has 18 rings (SSSR count). The molecule has 0 unspecified atom stereocenters. The summed E-state index contributed by atoms with van der Waals surface area (Å²) < 4.78 is 0. The van der Waals surface area contributed by atoms with Crippen molar-refractivity contribution in [1.29, 1.82) is 0 Å². The van der Waals surface area contributed by atoms with Crippen molar-refractivity contribution in [2.45, 2.75) is 189 Å². The van der Waals surface area contributed by atoms with E-state index in [1.807, 2.05) is 11.0 Å². The van der Waals surface area contributed by atoms with Crippen LogP contribution in [0.3, 0.4) is 0 Å². The van der Waals surface area contributed by atoms with Crippen LogP contribution < -0.4 is 10.2 Å². The van der Waals surface area contributed by atoms with Gasteiger partial charge in [0.05, 0.1) is 5.54 Å². The van der Waals surface area contributed by atoms with E-state index in [1.165, 1.54) is 19.4 Å². The van der Waals surface area contributed by atoms with Crippen LogP contribution >= 0.6 is 7.92 Å². The molecule has 1 nitrogen and oxygen atoms in total. The number of piperidine rings is 1. The number of anilines is 1. The summed E-state index contributed by atoms with van der Waals surface area (Å²) in [5, 5.41) is 3.35. The molecule has 17 aliphatic rings. The average molecular weight is 730 g/mol. The van der Waals surface area contributed by atoms with E-state index in [0.717, 1.165) is 71.0 Å². The van der Waals surface area contributed by atoms with Gasteiger partial charge >= 0.3 is 0 Å². The lowest BCUT2D eigenvalue weighted by molar-refractivity contribution is -0.193. The van der Waals surface area contributed by atoms with E-state index >= 15 is 0 Å². The molecule has 17 fully saturated rings. The molecule has 16 bridgehead atoms. The zero-order valence-corrected chi connectivity index (χ0v) is 34.3. The lowest BCUT2D eigenvalue weighted by Crippen LogP contribution is -2.76. The van der Waals surface area contributed by atoms with Crippen LogP contribution in [0.2, 0.25) is 0 Å². The smallest absolute Gasteiger partial charge is 0.0515 e. The summed E-state index contributed by atoms with van der Waals surface area (Å²) in [5.74, 6) is 12.8. The molecule has 16 saturated carbocycles. The van der Waals surface area contributed by atoms with Crippen LogP contribution in [0.4, 0.5) is 5.69 Å². The van der Waals surface area contributed by atoms with Gasteiger partial charge in [-0.3, -0.25) is 0 Å². The normalized spacial score (nSPS) is 58.2. The largest absolute Gasteiger partial charge is 0.364 e. The molecule has 1 saturated heterocycles. The third-order valence-corrected chi connectivity index (χ3v) is 25.7. The molecule has 53 heavy (non-hydrogen) atoms. The molecule has 1 heterocycles. The fourth-order valence-electron chi connectivity index (χ4n) is 22.8. The molecular formula is C51H72NP. The number of rotatable bonds is 6. The molecule has 1 aromatic rings. The topological polar surface area (TPSA) is 3.24 Å². The van der Waals surface area contributed by atoms with Crippen molar-refractivity contribution in [2.24, 2.45) is 81.8 Å². The molecular weight excluding hydrogens is 658 g/mol. The highest BCUT2D eigenvalue weighted by molar-refractivity contribution is 7.69. The van der Waals surface area contributed by atoms with E-state index in [9.17, 15) is 0 Å². The lowest BCUT2D eigenvalue weighted by atomic mass is 9.34. The van der Waals surface area contributed by atoms with Crippen LogP contribution in [0, 0.1) is 81.8 Å². The van der Waals surface area contributed by atoms with Crippen molar-refractivity contribution >= 4 is 18.9 Å². The zero-order valence-electron chi connectivity index (χ0n) is 33.4. The molecule has 0 aromatic heterocycles. The summed E-state index contributed by atoms with van der Waals surface area (Å²) in [5.41, 5.74) is 3.50. The van der Waals surface area contributed by atoms with Crippen molar-refractivity contribution in [1.82, 2.24) is 0 Å². The quantitative estimate of drug-likeness (QED) is 0.264. The van der Waals surface area contributed by atoms with E-state index < -0.39 is 0 Å². The Bertz CT molecular complexity index is 1440. The summed E-state index contributed by atoms with van der Waals surface area (Å²) in [6.45, 7) is 1.39. The second-order valence-electron chi connectivity index (χ2n) is 25.0. The van der Waals surface area contributed by atoms with Gasteiger partial charge in [-0.2, -0.15) is 0 Å².